The van der Waals surface area contributed by atoms with Gasteiger partial charge in [0.2, 0.25) is 0 Å². The van der Waals surface area contributed by atoms with Gasteiger partial charge in [-0.25, -0.2) is 4.79 Å². The van der Waals surface area contributed by atoms with Crippen LogP contribution in [0.15, 0.2) is 22.7 Å². The van der Waals surface area contributed by atoms with E-state index in [2.05, 4.69) is 21.2 Å². The lowest BCUT2D eigenvalue weighted by molar-refractivity contribution is 0.0653. The van der Waals surface area contributed by atoms with Gasteiger partial charge >= 0.3 is 6.03 Å². The fourth-order valence-corrected chi connectivity index (χ4v) is 2.65. The average molecular weight is 384 g/mol. The molecular formula is C15H18BrN3O4. The summed E-state index contributed by atoms with van der Waals surface area (Å²) in [5.74, 6) is -0.615. The maximum Gasteiger partial charge on any atom is 0.317 e. The Balaban J connectivity index is 1.85. The van der Waals surface area contributed by atoms with Crippen molar-refractivity contribution in [3.63, 3.8) is 0 Å². The highest BCUT2D eigenvalue weighted by atomic mass is 79.9. The minimum Gasteiger partial charge on any atom is -0.395 e. The third-order valence-corrected chi connectivity index (χ3v) is 4.04. The van der Waals surface area contributed by atoms with Crippen LogP contribution in [-0.2, 0) is 0 Å². The number of nitrogens with one attached hydrogen (secondary N) is 1. The van der Waals surface area contributed by atoms with Gasteiger partial charge in [-0.05, 0) is 24.6 Å². The molecule has 0 spiro atoms. The molecule has 8 heteroatoms. The molecule has 23 heavy (non-hydrogen) atoms. The number of hydrogen-bond acceptors (Lipinski definition) is 4. The van der Waals surface area contributed by atoms with Crippen LogP contribution in [0.4, 0.5) is 4.79 Å². The molecule has 0 saturated heterocycles. The van der Waals surface area contributed by atoms with E-state index in [1.807, 2.05) is 0 Å². The van der Waals surface area contributed by atoms with Crippen molar-refractivity contribution >= 4 is 33.8 Å². The first kappa shape index (κ1) is 17.4. The fraction of sp³-hybridized carbons (Fsp3) is 0.400. The number of imide groups is 1. The van der Waals surface area contributed by atoms with Crippen molar-refractivity contribution in [1.29, 1.82) is 0 Å². The predicted molar refractivity (Wildman–Crippen MR) is 87.2 cm³/mol. The lowest BCUT2D eigenvalue weighted by atomic mass is 10.1. The summed E-state index contributed by atoms with van der Waals surface area (Å²) >= 11 is 3.29. The maximum absolute atomic E-state index is 12.2. The molecule has 1 aromatic rings. The summed E-state index contributed by atoms with van der Waals surface area (Å²) in [4.78, 5) is 38.6. The van der Waals surface area contributed by atoms with Gasteiger partial charge in [0.15, 0.2) is 0 Å². The van der Waals surface area contributed by atoms with Gasteiger partial charge < -0.3 is 15.3 Å². The Kier molecular flexibility index (Phi) is 5.73. The first-order valence-corrected chi connectivity index (χ1v) is 8.00. The van der Waals surface area contributed by atoms with Crippen molar-refractivity contribution in [2.45, 2.75) is 6.42 Å². The van der Waals surface area contributed by atoms with Crippen molar-refractivity contribution in [3.8, 4) is 0 Å². The number of benzene rings is 1. The number of fused-ring (bicyclic) bond motifs is 1. The molecule has 0 saturated carbocycles. The Labute approximate surface area is 142 Å². The largest absolute Gasteiger partial charge is 0.395 e. The summed E-state index contributed by atoms with van der Waals surface area (Å²) in [7, 11) is 1.58. The zero-order valence-electron chi connectivity index (χ0n) is 12.7. The van der Waals surface area contributed by atoms with Crippen LogP contribution in [0.2, 0.25) is 0 Å². The summed E-state index contributed by atoms with van der Waals surface area (Å²) in [5.41, 5.74) is 0.806. The third kappa shape index (κ3) is 3.89. The van der Waals surface area contributed by atoms with E-state index in [1.54, 1.807) is 25.2 Å². The number of nitrogens with zero attached hydrogens (tertiary/aromatic N) is 2. The van der Waals surface area contributed by atoms with E-state index >= 15 is 0 Å². The number of rotatable bonds is 6. The molecule has 1 aliphatic rings. The smallest absolute Gasteiger partial charge is 0.317 e. The van der Waals surface area contributed by atoms with Crippen LogP contribution in [0.25, 0.3) is 0 Å². The zero-order valence-corrected chi connectivity index (χ0v) is 14.3. The van der Waals surface area contributed by atoms with Gasteiger partial charge in [0.1, 0.15) is 0 Å². The Hall–Kier alpha value is -1.93. The second kappa shape index (κ2) is 7.56. The van der Waals surface area contributed by atoms with E-state index in [1.165, 1.54) is 9.80 Å². The number of aliphatic hydroxyl groups excluding tert-OH is 1. The van der Waals surface area contributed by atoms with Crippen LogP contribution >= 0.6 is 15.9 Å². The molecule has 4 amide bonds. The summed E-state index contributed by atoms with van der Waals surface area (Å²) in [5, 5.41) is 11.4. The summed E-state index contributed by atoms with van der Waals surface area (Å²) in [6, 6.07) is 4.70. The fourth-order valence-electron chi connectivity index (χ4n) is 2.29. The molecule has 1 heterocycles. The van der Waals surface area contributed by atoms with E-state index in [0.717, 1.165) is 4.47 Å². The number of aliphatic hydroxyl groups is 1. The molecule has 2 rings (SSSR count). The number of carbonyl (C=O) groups excluding carboxylic acids is 3. The Morgan fingerprint density at radius 2 is 2.00 bits per heavy atom. The van der Waals surface area contributed by atoms with E-state index in [4.69, 9.17) is 5.11 Å². The summed E-state index contributed by atoms with van der Waals surface area (Å²) in [6.45, 7) is 0.729. The lowest BCUT2D eigenvalue weighted by Gasteiger charge is -2.17. The van der Waals surface area contributed by atoms with Gasteiger partial charge in [-0.3, -0.25) is 14.5 Å². The van der Waals surface area contributed by atoms with Crippen LogP contribution in [0.3, 0.4) is 0 Å². The van der Waals surface area contributed by atoms with Gasteiger partial charge in [0.25, 0.3) is 11.8 Å². The quantitative estimate of drug-likeness (QED) is 0.567. The topological polar surface area (TPSA) is 89.9 Å². The van der Waals surface area contributed by atoms with Gasteiger partial charge in [-0.15, -0.1) is 0 Å². The number of likely N-dealkylation sites (N-methyl/N-ethyl adjacent to an activating group) is 1. The van der Waals surface area contributed by atoms with Crippen LogP contribution in [-0.4, -0.2) is 66.0 Å². The van der Waals surface area contributed by atoms with Crippen molar-refractivity contribution in [1.82, 2.24) is 15.1 Å². The number of hydrogen-bond donors (Lipinski definition) is 2. The summed E-state index contributed by atoms with van der Waals surface area (Å²) < 4.78 is 0.749. The normalized spacial score (nSPS) is 13.3. The number of carbonyl (C=O) groups is 3. The van der Waals surface area contributed by atoms with Gasteiger partial charge in [-0.1, -0.05) is 15.9 Å². The highest BCUT2D eigenvalue weighted by Crippen LogP contribution is 2.25. The monoisotopic (exact) mass is 383 g/mol. The van der Waals surface area contributed by atoms with Crippen LogP contribution < -0.4 is 5.32 Å². The molecule has 1 aliphatic heterocycles. The first-order chi connectivity index (χ1) is 11.0. The number of halogens is 1. The molecule has 7 nitrogen and oxygen atoms in total. The minimum atomic E-state index is -0.310. The molecule has 124 valence electrons. The third-order valence-electron chi connectivity index (χ3n) is 3.55. The van der Waals surface area contributed by atoms with Crippen molar-refractivity contribution in [2.75, 3.05) is 33.3 Å². The molecule has 0 radical (unpaired) electrons. The van der Waals surface area contributed by atoms with Crippen LogP contribution in [0.5, 0.6) is 0 Å². The zero-order chi connectivity index (χ0) is 17.0. The Morgan fingerprint density at radius 3 is 2.70 bits per heavy atom. The number of urea groups is 1. The highest BCUT2D eigenvalue weighted by molar-refractivity contribution is 9.10. The van der Waals surface area contributed by atoms with Gasteiger partial charge in [0, 0.05) is 31.2 Å². The van der Waals surface area contributed by atoms with E-state index < -0.39 is 0 Å². The van der Waals surface area contributed by atoms with Gasteiger partial charge in [-0.2, -0.15) is 0 Å². The van der Waals surface area contributed by atoms with Crippen molar-refractivity contribution in [2.24, 2.45) is 0 Å². The standard InChI is InChI=1S/C15H18BrN3O4/c1-18(7-8-20)15(23)17-5-2-6-19-13(21)11-4-3-10(16)9-12(11)14(19)22/h3-4,9,20H,2,5-8H2,1H3,(H,17,23). The molecule has 0 aliphatic carbocycles. The summed E-state index contributed by atoms with van der Waals surface area (Å²) in [6.07, 6.45) is 0.464. The van der Waals surface area contributed by atoms with E-state index in [0.29, 0.717) is 24.1 Å². The molecule has 2 N–H and O–H groups in total. The molecule has 0 unspecified atom stereocenters. The molecule has 0 atom stereocenters. The molecule has 0 aromatic heterocycles. The van der Waals surface area contributed by atoms with Crippen LogP contribution in [0, 0.1) is 0 Å². The first-order valence-electron chi connectivity index (χ1n) is 7.21. The lowest BCUT2D eigenvalue weighted by Crippen LogP contribution is -2.40. The van der Waals surface area contributed by atoms with E-state index in [9.17, 15) is 14.4 Å². The molecule has 0 bridgehead atoms. The Bertz CT molecular complexity index is 635. The predicted octanol–water partition coefficient (Wildman–Crippen LogP) is 1.07. The van der Waals surface area contributed by atoms with Gasteiger partial charge in [0.05, 0.1) is 17.7 Å². The molecular weight excluding hydrogens is 366 g/mol. The minimum absolute atomic E-state index is 0.103. The molecule has 1 aromatic carbocycles. The number of amides is 4. The van der Waals surface area contributed by atoms with Crippen molar-refractivity contribution in [3.05, 3.63) is 33.8 Å². The highest BCUT2D eigenvalue weighted by Gasteiger charge is 2.34. The van der Waals surface area contributed by atoms with Crippen molar-refractivity contribution < 1.29 is 19.5 Å². The average Bonchev–Trinajstić information content (AvgIpc) is 2.75. The van der Waals surface area contributed by atoms with Crippen LogP contribution in [0.1, 0.15) is 27.1 Å². The maximum atomic E-state index is 12.2. The van der Waals surface area contributed by atoms with E-state index in [-0.39, 0.29) is 37.5 Å². The second-order valence-electron chi connectivity index (χ2n) is 5.18. The Morgan fingerprint density at radius 1 is 1.30 bits per heavy atom. The second-order valence-corrected chi connectivity index (χ2v) is 6.10. The molecule has 0 fully saturated rings. The SMILES string of the molecule is CN(CCO)C(=O)NCCCN1C(=O)c2ccc(Br)cc2C1=O.